The van der Waals surface area contributed by atoms with Gasteiger partial charge in [-0.3, -0.25) is 4.90 Å². The third-order valence-electron chi connectivity index (χ3n) is 4.10. The minimum Gasteiger partial charge on any atom is -0.399 e. The van der Waals surface area contributed by atoms with Gasteiger partial charge in [0.15, 0.2) is 0 Å². The maximum atomic E-state index is 5.88. The van der Waals surface area contributed by atoms with Crippen molar-refractivity contribution >= 4 is 17.4 Å². The minimum atomic E-state index is 0.631. The molecule has 18 heavy (non-hydrogen) atoms. The van der Waals surface area contributed by atoms with E-state index in [1.54, 1.807) is 0 Å². The second-order valence-corrected chi connectivity index (χ2v) is 7.61. The fourth-order valence-corrected chi connectivity index (χ4v) is 4.81. The molecule has 98 valence electrons. The summed E-state index contributed by atoms with van der Waals surface area (Å²) in [5.74, 6) is 0. The minimum absolute atomic E-state index is 0.631. The van der Waals surface area contributed by atoms with Gasteiger partial charge >= 0.3 is 0 Å². The zero-order chi connectivity index (χ0) is 12.7. The van der Waals surface area contributed by atoms with Gasteiger partial charge in [-0.1, -0.05) is 19.9 Å². The molecule has 1 aliphatic carbocycles. The average Bonchev–Trinajstić information content (AvgIpc) is 2.70. The van der Waals surface area contributed by atoms with Crippen molar-refractivity contribution < 1.29 is 0 Å². The quantitative estimate of drug-likeness (QED) is 0.789. The van der Waals surface area contributed by atoms with Crippen LogP contribution in [-0.2, 0) is 6.42 Å². The van der Waals surface area contributed by atoms with Crippen molar-refractivity contribution in [1.82, 2.24) is 4.90 Å². The Labute approximate surface area is 114 Å². The molecule has 3 unspecified atom stereocenters. The van der Waals surface area contributed by atoms with Crippen molar-refractivity contribution in [2.45, 2.75) is 43.2 Å². The fraction of sp³-hybridized carbons (Fsp3) is 0.600. The van der Waals surface area contributed by atoms with Crippen LogP contribution >= 0.6 is 11.8 Å². The molecule has 1 saturated heterocycles. The Morgan fingerprint density at radius 3 is 2.67 bits per heavy atom. The number of nitrogen functional groups attached to an aromatic ring is 1. The first-order valence-corrected chi connectivity index (χ1v) is 7.85. The van der Waals surface area contributed by atoms with Gasteiger partial charge in [-0.2, -0.15) is 11.8 Å². The normalized spacial score (nSPS) is 32.4. The maximum Gasteiger partial charge on any atom is 0.0354 e. The Morgan fingerprint density at radius 2 is 1.94 bits per heavy atom. The second kappa shape index (κ2) is 4.78. The lowest BCUT2D eigenvalue weighted by molar-refractivity contribution is 0.194. The number of fused-ring (bicyclic) bond motifs is 1. The van der Waals surface area contributed by atoms with Crippen molar-refractivity contribution in [2.24, 2.45) is 0 Å². The SMILES string of the molecule is CC1CN(C2CCc3cc(N)ccc32)CC(C)S1. The summed E-state index contributed by atoms with van der Waals surface area (Å²) in [5.41, 5.74) is 9.78. The number of nitrogens with two attached hydrogens (primary N) is 1. The molecule has 0 saturated carbocycles. The first-order valence-electron chi connectivity index (χ1n) is 6.91. The Kier molecular flexibility index (Phi) is 3.29. The average molecular weight is 262 g/mol. The van der Waals surface area contributed by atoms with Gasteiger partial charge in [-0.05, 0) is 36.1 Å². The van der Waals surface area contributed by atoms with Crippen LogP contribution in [0.25, 0.3) is 0 Å². The predicted molar refractivity (Wildman–Crippen MR) is 80.0 cm³/mol. The molecule has 0 amide bonds. The van der Waals surface area contributed by atoms with Gasteiger partial charge in [0.05, 0.1) is 0 Å². The van der Waals surface area contributed by atoms with E-state index < -0.39 is 0 Å². The third kappa shape index (κ3) is 2.26. The Morgan fingerprint density at radius 1 is 1.22 bits per heavy atom. The second-order valence-electron chi connectivity index (χ2n) is 5.72. The van der Waals surface area contributed by atoms with Crippen LogP contribution < -0.4 is 5.73 Å². The van der Waals surface area contributed by atoms with Crippen LogP contribution in [0.4, 0.5) is 5.69 Å². The summed E-state index contributed by atoms with van der Waals surface area (Å²) < 4.78 is 0. The van der Waals surface area contributed by atoms with E-state index in [0.717, 1.165) is 16.2 Å². The molecule has 3 atom stereocenters. The smallest absolute Gasteiger partial charge is 0.0354 e. The molecule has 1 aromatic carbocycles. The van der Waals surface area contributed by atoms with Crippen LogP contribution in [0.5, 0.6) is 0 Å². The van der Waals surface area contributed by atoms with Gasteiger partial charge in [0.2, 0.25) is 0 Å². The molecular formula is C15H22N2S. The van der Waals surface area contributed by atoms with Crippen molar-refractivity contribution in [1.29, 1.82) is 0 Å². The third-order valence-corrected chi connectivity index (χ3v) is 5.33. The van der Waals surface area contributed by atoms with Crippen LogP contribution in [0.15, 0.2) is 18.2 Å². The van der Waals surface area contributed by atoms with Gasteiger partial charge in [-0.25, -0.2) is 0 Å². The number of aryl methyl sites for hydroxylation is 1. The van der Waals surface area contributed by atoms with Gasteiger partial charge < -0.3 is 5.73 Å². The van der Waals surface area contributed by atoms with Crippen molar-refractivity contribution in [3.05, 3.63) is 29.3 Å². The molecule has 1 fully saturated rings. The van der Waals surface area contributed by atoms with Gasteiger partial charge in [0, 0.05) is 35.3 Å². The zero-order valence-corrected chi connectivity index (χ0v) is 12.0. The van der Waals surface area contributed by atoms with Crippen molar-refractivity contribution in [2.75, 3.05) is 18.8 Å². The Balaban J connectivity index is 1.83. The molecule has 0 radical (unpaired) electrons. The van der Waals surface area contributed by atoms with Crippen LogP contribution in [-0.4, -0.2) is 28.5 Å². The van der Waals surface area contributed by atoms with E-state index in [1.807, 2.05) is 0 Å². The molecule has 0 spiro atoms. The molecular weight excluding hydrogens is 240 g/mol. The Hall–Kier alpha value is -0.670. The van der Waals surface area contributed by atoms with Crippen molar-refractivity contribution in [3.63, 3.8) is 0 Å². The van der Waals surface area contributed by atoms with E-state index in [1.165, 1.54) is 37.1 Å². The largest absolute Gasteiger partial charge is 0.399 e. The van der Waals surface area contributed by atoms with E-state index in [-0.39, 0.29) is 0 Å². The van der Waals surface area contributed by atoms with Crippen molar-refractivity contribution in [3.8, 4) is 0 Å². The number of thioether (sulfide) groups is 1. The highest BCUT2D eigenvalue weighted by atomic mass is 32.2. The van der Waals surface area contributed by atoms with E-state index in [0.29, 0.717) is 6.04 Å². The summed E-state index contributed by atoms with van der Waals surface area (Å²) in [5, 5.41) is 1.51. The predicted octanol–water partition coefficient (Wildman–Crippen LogP) is 3.08. The highest BCUT2D eigenvalue weighted by Gasteiger charge is 2.32. The van der Waals surface area contributed by atoms with E-state index in [2.05, 4.69) is 48.7 Å². The van der Waals surface area contributed by atoms with Crippen LogP contribution in [0, 0.1) is 0 Å². The first-order chi connectivity index (χ1) is 8.63. The molecule has 1 aromatic rings. The number of benzene rings is 1. The molecule has 0 aromatic heterocycles. The molecule has 3 rings (SSSR count). The molecule has 2 nitrogen and oxygen atoms in total. The highest BCUT2D eigenvalue weighted by molar-refractivity contribution is 8.00. The first kappa shape index (κ1) is 12.4. The summed E-state index contributed by atoms with van der Waals surface area (Å²) in [4.78, 5) is 2.69. The maximum absolute atomic E-state index is 5.88. The van der Waals surface area contributed by atoms with E-state index >= 15 is 0 Å². The number of hydrogen-bond acceptors (Lipinski definition) is 3. The monoisotopic (exact) mass is 262 g/mol. The fourth-order valence-electron chi connectivity index (χ4n) is 3.47. The molecule has 1 heterocycles. The van der Waals surface area contributed by atoms with Crippen LogP contribution in [0.2, 0.25) is 0 Å². The topological polar surface area (TPSA) is 29.3 Å². The standard InChI is InChI=1S/C15H22N2S/c1-10-8-17(9-11(2)18-10)15-6-3-12-7-13(16)4-5-14(12)15/h4-5,7,10-11,15H,3,6,8-9,16H2,1-2H3. The lowest BCUT2D eigenvalue weighted by Crippen LogP contribution is -2.41. The Bertz CT molecular complexity index is 436. The lowest BCUT2D eigenvalue weighted by Gasteiger charge is -2.38. The lowest BCUT2D eigenvalue weighted by atomic mass is 10.1. The number of hydrogen-bond donors (Lipinski definition) is 1. The molecule has 3 heteroatoms. The zero-order valence-electron chi connectivity index (χ0n) is 11.2. The summed E-state index contributed by atoms with van der Waals surface area (Å²) in [6, 6.07) is 7.11. The van der Waals surface area contributed by atoms with Gasteiger partial charge in [-0.15, -0.1) is 0 Å². The molecule has 2 N–H and O–H groups in total. The summed E-state index contributed by atoms with van der Waals surface area (Å²) in [7, 11) is 0. The number of rotatable bonds is 1. The van der Waals surface area contributed by atoms with Crippen LogP contribution in [0.3, 0.4) is 0 Å². The summed E-state index contributed by atoms with van der Waals surface area (Å²) >= 11 is 2.13. The van der Waals surface area contributed by atoms with Crippen LogP contribution in [0.1, 0.15) is 37.4 Å². The van der Waals surface area contributed by atoms with Gasteiger partial charge in [0.25, 0.3) is 0 Å². The van der Waals surface area contributed by atoms with E-state index in [9.17, 15) is 0 Å². The molecule has 2 aliphatic rings. The summed E-state index contributed by atoms with van der Waals surface area (Å²) in [6.07, 6.45) is 2.46. The van der Waals surface area contributed by atoms with Gasteiger partial charge in [0.1, 0.15) is 0 Å². The van der Waals surface area contributed by atoms with E-state index in [4.69, 9.17) is 5.73 Å². The number of nitrogens with zero attached hydrogens (tertiary/aromatic N) is 1. The molecule has 1 aliphatic heterocycles. The molecule has 0 bridgehead atoms. The number of anilines is 1. The summed E-state index contributed by atoms with van der Waals surface area (Å²) in [6.45, 7) is 7.16. The highest BCUT2D eigenvalue weighted by Crippen LogP contribution is 2.39.